The van der Waals surface area contributed by atoms with Gasteiger partial charge >= 0.3 is 5.97 Å². The van der Waals surface area contributed by atoms with Crippen LogP contribution in [0.4, 0.5) is 0 Å². The first-order chi connectivity index (χ1) is 6.45. The van der Waals surface area contributed by atoms with Crippen LogP contribution in [-0.2, 0) is 0 Å². The first-order valence-electron chi connectivity index (χ1n) is 4.40. The quantitative estimate of drug-likeness (QED) is 0.776. The Labute approximate surface area is 81.8 Å². The molecule has 0 saturated heterocycles. The SMILES string of the molecule is Cc1ccn(C(C)C)c(=O)c1C(=O)O. The second-order valence-corrected chi connectivity index (χ2v) is 3.49. The number of aryl methyl sites for hydroxylation is 1. The molecule has 0 spiro atoms. The fourth-order valence-corrected chi connectivity index (χ4v) is 1.31. The Hall–Kier alpha value is -1.58. The van der Waals surface area contributed by atoms with Gasteiger partial charge in [0.25, 0.3) is 5.56 Å². The molecule has 1 aromatic rings. The van der Waals surface area contributed by atoms with Crippen molar-refractivity contribution in [2.24, 2.45) is 0 Å². The first kappa shape index (κ1) is 10.5. The van der Waals surface area contributed by atoms with Crippen LogP contribution >= 0.6 is 0 Å². The summed E-state index contributed by atoms with van der Waals surface area (Å²) in [5.74, 6) is -1.16. The normalized spacial score (nSPS) is 10.6. The van der Waals surface area contributed by atoms with Crippen LogP contribution in [0, 0.1) is 6.92 Å². The van der Waals surface area contributed by atoms with E-state index in [0.717, 1.165) is 0 Å². The summed E-state index contributed by atoms with van der Waals surface area (Å²) in [6.07, 6.45) is 1.62. The Morgan fingerprint density at radius 3 is 2.50 bits per heavy atom. The van der Waals surface area contributed by atoms with Crippen LogP contribution < -0.4 is 5.56 Å². The van der Waals surface area contributed by atoms with Gasteiger partial charge in [0.2, 0.25) is 0 Å². The fraction of sp³-hybridized carbons (Fsp3) is 0.400. The summed E-state index contributed by atoms with van der Waals surface area (Å²) in [5.41, 5.74) is -0.0758. The van der Waals surface area contributed by atoms with Gasteiger partial charge in [0.05, 0.1) is 0 Å². The zero-order valence-corrected chi connectivity index (χ0v) is 8.44. The van der Waals surface area contributed by atoms with Crippen LogP contribution in [0.15, 0.2) is 17.1 Å². The molecule has 1 aromatic heterocycles. The number of carboxylic acids is 1. The van der Waals surface area contributed by atoms with Gasteiger partial charge < -0.3 is 9.67 Å². The molecule has 4 heteroatoms. The van der Waals surface area contributed by atoms with Gasteiger partial charge in [-0.05, 0) is 32.4 Å². The van der Waals surface area contributed by atoms with E-state index in [1.54, 1.807) is 19.2 Å². The highest BCUT2D eigenvalue weighted by molar-refractivity contribution is 5.88. The average Bonchev–Trinajstić information content (AvgIpc) is 2.02. The van der Waals surface area contributed by atoms with Crippen LogP contribution in [0.3, 0.4) is 0 Å². The highest BCUT2D eigenvalue weighted by Crippen LogP contribution is 2.05. The number of nitrogens with zero attached hydrogens (tertiary/aromatic N) is 1. The molecule has 0 bridgehead atoms. The van der Waals surface area contributed by atoms with Gasteiger partial charge in [0.15, 0.2) is 0 Å². The highest BCUT2D eigenvalue weighted by Gasteiger charge is 2.14. The van der Waals surface area contributed by atoms with Gasteiger partial charge in [-0.2, -0.15) is 0 Å². The van der Waals surface area contributed by atoms with Crippen LogP contribution in [0.5, 0.6) is 0 Å². The van der Waals surface area contributed by atoms with Crippen molar-refractivity contribution in [2.75, 3.05) is 0 Å². The lowest BCUT2D eigenvalue weighted by Crippen LogP contribution is -2.28. The lowest BCUT2D eigenvalue weighted by Gasteiger charge is -2.11. The van der Waals surface area contributed by atoms with Crippen molar-refractivity contribution in [3.63, 3.8) is 0 Å². The van der Waals surface area contributed by atoms with Crippen LogP contribution in [0.1, 0.15) is 35.8 Å². The molecule has 0 unspecified atom stereocenters. The number of carbonyl (C=O) groups is 1. The highest BCUT2D eigenvalue weighted by atomic mass is 16.4. The Bertz CT molecular complexity index is 418. The molecule has 0 aliphatic carbocycles. The zero-order chi connectivity index (χ0) is 10.9. The Balaban J connectivity index is 3.50. The minimum Gasteiger partial charge on any atom is -0.477 e. The summed E-state index contributed by atoms with van der Waals surface area (Å²) in [7, 11) is 0. The molecular formula is C10H13NO3. The number of carboxylic acid groups (broad SMARTS) is 1. The van der Waals surface area contributed by atoms with Crippen LogP contribution in [-0.4, -0.2) is 15.6 Å². The number of aromatic carboxylic acids is 1. The predicted molar refractivity (Wildman–Crippen MR) is 52.8 cm³/mol. The molecule has 0 atom stereocenters. The molecule has 1 rings (SSSR count). The summed E-state index contributed by atoms with van der Waals surface area (Å²) in [5, 5.41) is 8.84. The smallest absolute Gasteiger partial charge is 0.341 e. The van der Waals surface area contributed by atoms with Crippen LogP contribution in [0.2, 0.25) is 0 Å². The predicted octanol–water partition coefficient (Wildman–Crippen LogP) is 1.44. The maximum Gasteiger partial charge on any atom is 0.341 e. The van der Waals surface area contributed by atoms with E-state index in [2.05, 4.69) is 0 Å². The molecule has 0 radical (unpaired) electrons. The van der Waals surface area contributed by atoms with Gasteiger partial charge in [0.1, 0.15) is 5.56 Å². The number of aromatic nitrogens is 1. The van der Waals surface area contributed by atoms with E-state index >= 15 is 0 Å². The van der Waals surface area contributed by atoms with E-state index in [1.807, 2.05) is 13.8 Å². The second-order valence-electron chi connectivity index (χ2n) is 3.49. The third-order valence-corrected chi connectivity index (χ3v) is 2.10. The van der Waals surface area contributed by atoms with Crippen molar-refractivity contribution in [1.82, 2.24) is 4.57 Å². The molecular weight excluding hydrogens is 182 g/mol. The van der Waals surface area contributed by atoms with Gasteiger partial charge in [-0.25, -0.2) is 4.79 Å². The molecule has 0 saturated carbocycles. The fourth-order valence-electron chi connectivity index (χ4n) is 1.31. The van der Waals surface area contributed by atoms with Crippen LogP contribution in [0.25, 0.3) is 0 Å². The Morgan fingerprint density at radius 1 is 1.50 bits per heavy atom. The minimum absolute atomic E-state index is 0.0267. The van der Waals surface area contributed by atoms with E-state index in [1.165, 1.54) is 4.57 Å². The maximum atomic E-state index is 11.7. The third kappa shape index (κ3) is 1.69. The summed E-state index contributed by atoms with van der Waals surface area (Å²) < 4.78 is 1.41. The average molecular weight is 195 g/mol. The van der Waals surface area contributed by atoms with Crippen molar-refractivity contribution < 1.29 is 9.90 Å². The molecule has 4 nitrogen and oxygen atoms in total. The molecule has 76 valence electrons. The van der Waals surface area contributed by atoms with Crippen molar-refractivity contribution in [3.05, 3.63) is 33.7 Å². The van der Waals surface area contributed by atoms with Gasteiger partial charge in [-0.15, -0.1) is 0 Å². The van der Waals surface area contributed by atoms with E-state index in [9.17, 15) is 9.59 Å². The molecule has 14 heavy (non-hydrogen) atoms. The van der Waals surface area contributed by atoms with E-state index in [4.69, 9.17) is 5.11 Å². The molecule has 1 N–H and O–H groups in total. The standard InChI is InChI=1S/C10H13NO3/c1-6(2)11-5-4-7(3)8(9(11)12)10(13)14/h4-6H,1-3H3,(H,13,14). The van der Waals surface area contributed by atoms with Crippen molar-refractivity contribution in [1.29, 1.82) is 0 Å². The Kier molecular flexibility index (Phi) is 2.74. The van der Waals surface area contributed by atoms with Gasteiger partial charge in [-0.3, -0.25) is 4.79 Å². The summed E-state index contributed by atoms with van der Waals surface area (Å²) in [4.78, 5) is 22.5. The number of pyridine rings is 1. The maximum absolute atomic E-state index is 11.7. The van der Waals surface area contributed by atoms with Crippen molar-refractivity contribution >= 4 is 5.97 Å². The monoisotopic (exact) mass is 195 g/mol. The molecule has 0 aliphatic heterocycles. The molecule has 0 amide bonds. The van der Waals surface area contributed by atoms with Crippen molar-refractivity contribution in [3.8, 4) is 0 Å². The van der Waals surface area contributed by atoms with Gasteiger partial charge in [-0.1, -0.05) is 0 Å². The number of hydrogen-bond donors (Lipinski definition) is 1. The van der Waals surface area contributed by atoms with Gasteiger partial charge in [0, 0.05) is 12.2 Å². The number of hydrogen-bond acceptors (Lipinski definition) is 2. The topological polar surface area (TPSA) is 59.3 Å². The van der Waals surface area contributed by atoms with E-state index in [-0.39, 0.29) is 11.6 Å². The van der Waals surface area contributed by atoms with E-state index < -0.39 is 11.5 Å². The molecule has 0 aliphatic rings. The molecule has 1 heterocycles. The first-order valence-corrected chi connectivity index (χ1v) is 4.40. The lowest BCUT2D eigenvalue weighted by molar-refractivity contribution is 0.0693. The summed E-state index contributed by atoms with van der Waals surface area (Å²) in [6, 6.07) is 1.62. The largest absolute Gasteiger partial charge is 0.477 e. The number of rotatable bonds is 2. The summed E-state index contributed by atoms with van der Waals surface area (Å²) >= 11 is 0. The summed E-state index contributed by atoms with van der Waals surface area (Å²) in [6.45, 7) is 5.29. The zero-order valence-electron chi connectivity index (χ0n) is 8.44. The van der Waals surface area contributed by atoms with E-state index in [0.29, 0.717) is 5.56 Å². The third-order valence-electron chi connectivity index (χ3n) is 2.10. The Morgan fingerprint density at radius 2 is 2.07 bits per heavy atom. The molecule has 0 aromatic carbocycles. The lowest BCUT2D eigenvalue weighted by atomic mass is 10.1. The van der Waals surface area contributed by atoms with Crippen molar-refractivity contribution in [2.45, 2.75) is 26.8 Å². The molecule has 0 fully saturated rings. The second kappa shape index (κ2) is 3.65. The minimum atomic E-state index is -1.16.